The van der Waals surface area contributed by atoms with Crippen LogP contribution < -0.4 is 0 Å². The largest absolute Gasteiger partial charge is 0.516 e. The van der Waals surface area contributed by atoms with E-state index in [1.54, 1.807) is 31.2 Å². The van der Waals surface area contributed by atoms with Crippen molar-refractivity contribution >= 4 is 12.1 Å². The van der Waals surface area contributed by atoms with Crippen molar-refractivity contribution < 1.29 is 19.1 Å². The molecule has 0 N–H and O–H groups in total. The fraction of sp³-hybridized carbons (Fsp3) is 0.273. The van der Waals surface area contributed by atoms with Gasteiger partial charge in [0.05, 0.1) is 12.2 Å². The molecule has 0 aliphatic rings. The van der Waals surface area contributed by atoms with Gasteiger partial charge in [0.25, 0.3) is 0 Å². The minimum Gasteiger partial charge on any atom is -0.434 e. The molecule has 0 radical (unpaired) electrons. The van der Waals surface area contributed by atoms with Crippen LogP contribution in [0.2, 0.25) is 0 Å². The Morgan fingerprint density at radius 1 is 1.20 bits per heavy atom. The van der Waals surface area contributed by atoms with Crippen molar-refractivity contribution in [2.45, 2.75) is 13.8 Å². The number of rotatable bonds is 2. The summed E-state index contributed by atoms with van der Waals surface area (Å²) in [6.07, 6.45) is -0.969. The monoisotopic (exact) mass is 208 g/mol. The third kappa shape index (κ3) is 3.42. The summed E-state index contributed by atoms with van der Waals surface area (Å²) in [4.78, 5) is 22.1. The van der Waals surface area contributed by atoms with Crippen molar-refractivity contribution in [2.24, 2.45) is 0 Å². The lowest BCUT2D eigenvalue weighted by molar-refractivity contribution is 0.0401. The summed E-state index contributed by atoms with van der Waals surface area (Å²) in [6, 6.07) is 6.72. The highest BCUT2D eigenvalue weighted by atomic mass is 16.7. The number of benzene rings is 1. The van der Waals surface area contributed by atoms with E-state index < -0.39 is 12.1 Å². The summed E-state index contributed by atoms with van der Waals surface area (Å²) in [5.41, 5.74) is 1.36. The predicted octanol–water partition coefficient (Wildman–Crippen LogP) is 2.31. The molecular formula is C11H12O4. The van der Waals surface area contributed by atoms with Gasteiger partial charge in [0.15, 0.2) is 0 Å². The molecule has 1 aromatic carbocycles. The molecule has 1 aromatic rings. The molecule has 0 spiro atoms. The Morgan fingerprint density at radius 3 is 2.33 bits per heavy atom. The molecule has 0 aromatic heterocycles. The summed E-state index contributed by atoms with van der Waals surface area (Å²) >= 11 is 0. The van der Waals surface area contributed by atoms with E-state index in [0.29, 0.717) is 5.56 Å². The van der Waals surface area contributed by atoms with Crippen molar-refractivity contribution in [2.75, 3.05) is 6.61 Å². The van der Waals surface area contributed by atoms with E-state index in [4.69, 9.17) is 0 Å². The Bertz CT molecular complexity index is 353. The van der Waals surface area contributed by atoms with E-state index in [2.05, 4.69) is 9.47 Å². The van der Waals surface area contributed by atoms with Crippen LogP contribution in [0.25, 0.3) is 0 Å². The first-order valence-electron chi connectivity index (χ1n) is 4.59. The highest BCUT2D eigenvalue weighted by molar-refractivity contribution is 5.95. The summed E-state index contributed by atoms with van der Waals surface area (Å²) < 4.78 is 8.89. The Labute approximate surface area is 87.8 Å². The van der Waals surface area contributed by atoms with Gasteiger partial charge in [-0.15, -0.1) is 0 Å². The standard InChI is InChI=1S/C11H12O4/c1-3-14-11(13)15-10(12)9-6-4-8(2)5-7-9/h4-7H,3H2,1-2H3. The molecular weight excluding hydrogens is 196 g/mol. The van der Waals surface area contributed by atoms with Gasteiger partial charge >= 0.3 is 12.1 Å². The fourth-order valence-electron chi connectivity index (χ4n) is 0.972. The topological polar surface area (TPSA) is 52.6 Å². The first kappa shape index (κ1) is 11.2. The van der Waals surface area contributed by atoms with Gasteiger partial charge in [-0.3, -0.25) is 0 Å². The van der Waals surface area contributed by atoms with Crippen LogP contribution >= 0.6 is 0 Å². The quantitative estimate of drug-likeness (QED) is 0.552. The summed E-state index contributed by atoms with van der Waals surface area (Å²) in [7, 11) is 0. The van der Waals surface area contributed by atoms with Gasteiger partial charge in [-0.05, 0) is 26.0 Å². The summed E-state index contributed by atoms with van der Waals surface area (Å²) in [5.74, 6) is -0.701. The van der Waals surface area contributed by atoms with Crippen molar-refractivity contribution in [1.82, 2.24) is 0 Å². The molecule has 0 unspecified atom stereocenters. The lowest BCUT2D eigenvalue weighted by Gasteiger charge is -2.02. The molecule has 4 heteroatoms. The minimum atomic E-state index is -0.969. The number of carbonyl (C=O) groups excluding carboxylic acids is 2. The van der Waals surface area contributed by atoms with Crippen LogP contribution in [-0.2, 0) is 9.47 Å². The van der Waals surface area contributed by atoms with Crippen LogP contribution in [0.5, 0.6) is 0 Å². The Kier molecular flexibility index (Phi) is 3.85. The number of hydrogen-bond acceptors (Lipinski definition) is 4. The van der Waals surface area contributed by atoms with Crippen molar-refractivity contribution in [3.63, 3.8) is 0 Å². The summed E-state index contributed by atoms with van der Waals surface area (Å²) in [6.45, 7) is 3.72. The van der Waals surface area contributed by atoms with Gasteiger partial charge in [-0.25, -0.2) is 9.59 Å². The van der Waals surface area contributed by atoms with Gasteiger partial charge in [0, 0.05) is 0 Å². The normalized spacial score (nSPS) is 9.47. The van der Waals surface area contributed by atoms with Crippen LogP contribution in [-0.4, -0.2) is 18.7 Å². The predicted molar refractivity (Wildman–Crippen MR) is 53.6 cm³/mol. The fourth-order valence-corrected chi connectivity index (χ4v) is 0.972. The van der Waals surface area contributed by atoms with E-state index in [1.165, 1.54) is 0 Å². The molecule has 15 heavy (non-hydrogen) atoms. The molecule has 0 bridgehead atoms. The molecule has 0 heterocycles. The smallest absolute Gasteiger partial charge is 0.434 e. The van der Waals surface area contributed by atoms with Gasteiger partial charge < -0.3 is 9.47 Å². The molecule has 80 valence electrons. The molecule has 0 amide bonds. The van der Waals surface area contributed by atoms with Crippen LogP contribution in [0, 0.1) is 6.92 Å². The highest BCUT2D eigenvalue weighted by Gasteiger charge is 2.12. The maximum atomic E-state index is 11.3. The zero-order valence-corrected chi connectivity index (χ0v) is 8.65. The van der Waals surface area contributed by atoms with Crippen molar-refractivity contribution in [3.05, 3.63) is 35.4 Å². The average molecular weight is 208 g/mol. The average Bonchev–Trinajstić information content (AvgIpc) is 2.18. The minimum absolute atomic E-state index is 0.181. The Hall–Kier alpha value is -1.84. The van der Waals surface area contributed by atoms with Crippen LogP contribution in [0.15, 0.2) is 24.3 Å². The highest BCUT2D eigenvalue weighted by Crippen LogP contribution is 2.05. The van der Waals surface area contributed by atoms with E-state index in [-0.39, 0.29) is 6.61 Å². The van der Waals surface area contributed by atoms with Gasteiger partial charge in [0.2, 0.25) is 0 Å². The molecule has 0 aliphatic carbocycles. The van der Waals surface area contributed by atoms with Crippen LogP contribution in [0.4, 0.5) is 4.79 Å². The molecule has 0 atom stereocenters. The maximum Gasteiger partial charge on any atom is 0.516 e. The third-order valence-corrected chi connectivity index (χ3v) is 1.73. The Balaban J connectivity index is 2.61. The first-order chi connectivity index (χ1) is 7.13. The third-order valence-electron chi connectivity index (χ3n) is 1.73. The maximum absolute atomic E-state index is 11.3. The molecule has 1 rings (SSSR count). The number of ether oxygens (including phenoxy) is 2. The second-order valence-corrected chi connectivity index (χ2v) is 2.94. The number of hydrogen-bond donors (Lipinski definition) is 0. The van der Waals surface area contributed by atoms with E-state index in [1.807, 2.05) is 6.92 Å². The first-order valence-corrected chi connectivity index (χ1v) is 4.59. The van der Waals surface area contributed by atoms with Crippen molar-refractivity contribution in [1.29, 1.82) is 0 Å². The number of carbonyl (C=O) groups is 2. The molecule has 4 nitrogen and oxygen atoms in total. The SMILES string of the molecule is CCOC(=O)OC(=O)c1ccc(C)cc1. The summed E-state index contributed by atoms with van der Waals surface area (Å²) in [5, 5.41) is 0. The number of esters is 1. The van der Waals surface area contributed by atoms with E-state index in [9.17, 15) is 9.59 Å². The van der Waals surface area contributed by atoms with Gasteiger partial charge in [-0.1, -0.05) is 17.7 Å². The van der Waals surface area contributed by atoms with Gasteiger partial charge in [0.1, 0.15) is 0 Å². The lowest BCUT2D eigenvalue weighted by Crippen LogP contribution is -2.13. The second-order valence-electron chi connectivity index (χ2n) is 2.94. The van der Waals surface area contributed by atoms with E-state index in [0.717, 1.165) is 5.56 Å². The molecule has 0 saturated carbocycles. The van der Waals surface area contributed by atoms with Crippen LogP contribution in [0.1, 0.15) is 22.8 Å². The second kappa shape index (κ2) is 5.14. The zero-order valence-electron chi connectivity index (χ0n) is 8.65. The van der Waals surface area contributed by atoms with E-state index >= 15 is 0 Å². The molecule has 0 fully saturated rings. The Morgan fingerprint density at radius 2 is 1.80 bits per heavy atom. The zero-order chi connectivity index (χ0) is 11.3. The molecule has 0 aliphatic heterocycles. The molecule has 0 saturated heterocycles. The van der Waals surface area contributed by atoms with Gasteiger partial charge in [-0.2, -0.15) is 0 Å². The lowest BCUT2D eigenvalue weighted by atomic mass is 10.2. The number of aryl methyl sites for hydroxylation is 1. The van der Waals surface area contributed by atoms with Crippen molar-refractivity contribution in [3.8, 4) is 0 Å². The van der Waals surface area contributed by atoms with Crippen LogP contribution in [0.3, 0.4) is 0 Å².